The fourth-order valence-corrected chi connectivity index (χ4v) is 2.73. The number of carbonyl (C=O) groups is 1. The molecular formula is C16H13NO2S. The van der Waals surface area contributed by atoms with Crippen molar-refractivity contribution in [2.45, 2.75) is 6.54 Å². The SMILES string of the molecule is O=C(NCc1cccs1)c1cc2ccccc2cc1O. The zero-order valence-corrected chi connectivity index (χ0v) is 11.5. The van der Waals surface area contributed by atoms with Gasteiger partial charge >= 0.3 is 0 Å². The molecule has 3 aromatic rings. The van der Waals surface area contributed by atoms with Gasteiger partial charge in [-0.2, -0.15) is 0 Å². The second-order valence-corrected chi connectivity index (χ2v) is 5.51. The second-order valence-electron chi connectivity index (χ2n) is 4.48. The number of aromatic hydroxyl groups is 1. The molecule has 0 atom stereocenters. The molecule has 20 heavy (non-hydrogen) atoms. The van der Waals surface area contributed by atoms with Crippen molar-refractivity contribution in [1.82, 2.24) is 5.32 Å². The van der Waals surface area contributed by atoms with Crippen LogP contribution in [-0.2, 0) is 6.54 Å². The third-order valence-corrected chi connectivity index (χ3v) is 3.99. The van der Waals surface area contributed by atoms with Crippen LogP contribution in [0.15, 0.2) is 53.9 Å². The standard InChI is InChI=1S/C16H13NO2S/c18-15-9-12-5-2-1-4-11(12)8-14(15)16(19)17-10-13-6-3-7-20-13/h1-9,18H,10H2,(H,17,19). The predicted molar refractivity (Wildman–Crippen MR) is 81.1 cm³/mol. The second kappa shape index (κ2) is 5.35. The first-order chi connectivity index (χ1) is 9.74. The lowest BCUT2D eigenvalue weighted by atomic mass is 10.1. The molecule has 0 aliphatic heterocycles. The van der Waals surface area contributed by atoms with Crippen LogP contribution >= 0.6 is 11.3 Å². The number of nitrogens with one attached hydrogen (secondary N) is 1. The fourth-order valence-electron chi connectivity index (χ4n) is 2.09. The van der Waals surface area contributed by atoms with E-state index in [-0.39, 0.29) is 11.7 Å². The predicted octanol–water partition coefficient (Wildman–Crippen LogP) is 3.54. The molecule has 0 aliphatic rings. The van der Waals surface area contributed by atoms with Crippen LogP contribution in [0.3, 0.4) is 0 Å². The Labute approximate surface area is 120 Å². The summed E-state index contributed by atoms with van der Waals surface area (Å²) in [6.07, 6.45) is 0. The number of carbonyl (C=O) groups excluding carboxylic acids is 1. The van der Waals surface area contributed by atoms with Gasteiger partial charge < -0.3 is 10.4 Å². The lowest BCUT2D eigenvalue weighted by Crippen LogP contribution is -2.22. The first-order valence-corrected chi connectivity index (χ1v) is 7.14. The molecule has 0 radical (unpaired) electrons. The highest BCUT2D eigenvalue weighted by molar-refractivity contribution is 7.09. The van der Waals surface area contributed by atoms with Gasteiger partial charge in [-0.05, 0) is 34.4 Å². The maximum atomic E-state index is 12.1. The Balaban J connectivity index is 1.85. The molecule has 1 amide bonds. The van der Waals surface area contributed by atoms with Crippen molar-refractivity contribution in [1.29, 1.82) is 0 Å². The summed E-state index contributed by atoms with van der Waals surface area (Å²) in [4.78, 5) is 13.2. The van der Waals surface area contributed by atoms with Crippen molar-refractivity contribution >= 4 is 28.0 Å². The zero-order chi connectivity index (χ0) is 13.9. The number of rotatable bonds is 3. The Hall–Kier alpha value is -2.33. The van der Waals surface area contributed by atoms with E-state index in [1.54, 1.807) is 23.5 Å². The molecule has 3 nitrogen and oxygen atoms in total. The molecule has 1 aromatic heterocycles. The van der Waals surface area contributed by atoms with Crippen LogP contribution < -0.4 is 5.32 Å². The number of benzene rings is 2. The third kappa shape index (κ3) is 2.51. The highest BCUT2D eigenvalue weighted by Crippen LogP contribution is 2.25. The van der Waals surface area contributed by atoms with Gasteiger partial charge in [0.1, 0.15) is 5.75 Å². The maximum absolute atomic E-state index is 12.1. The highest BCUT2D eigenvalue weighted by Gasteiger charge is 2.12. The highest BCUT2D eigenvalue weighted by atomic mass is 32.1. The minimum absolute atomic E-state index is 0.00683. The van der Waals surface area contributed by atoms with Crippen LogP contribution in [0.25, 0.3) is 10.8 Å². The number of hydrogen-bond donors (Lipinski definition) is 2. The van der Waals surface area contributed by atoms with E-state index in [0.29, 0.717) is 12.1 Å². The first kappa shape index (κ1) is 12.7. The Kier molecular flexibility index (Phi) is 3.39. The monoisotopic (exact) mass is 283 g/mol. The van der Waals surface area contributed by atoms with Crippen molar-refractivity contribution < 1.29 is 9.90 Å². The minimum atomic E-state index is -0.262. The van der Waals surface area contributed by atoms with E-state index in [9.17, 15) is 9.90 Å². The number of fused-ring (bicyclic) bond motifs is 1. The molecule has 0 spiro atoms. The van der Waals surface area contributed by atoms with Crippen LogP contribution in [0.4, 0.5) is 0 Å². The number of phenols is 1. The van der Waals surface area contributed by atoms with Crippen LogP contribution in [-0.4, -0.2) is 11.0 Å². The maximum Gasteiger partial charge on any atom is 0.255 e. The minimum Gasteiger partial charge on any atom is -0.507 e. The van der Waals surface area contributed by atoms with Gasteiger partial charge in [-0.1, -0.05) is 30.3 Å². The normalized spacial score (nSPS) is 10.6. The van der Waals surface area contributed by atoms with Gasteiger partial charge in [0.15, 0.2) is 0 Å². The summed E-state index contributed by atoms with van der Waals surface area (Å²) < 4.78 is 0. The molecule has 0 saturated carbocycles. The van der Waals surface area contributed by atoms with E-state index in [2.05, 4.69) is 5.32 Å². The number of amides is 1. The van der Waals surface area contributed by atoms with Gasteiger partial charge in [0.2, 0.25) is 0 Å². The molecule has 0 fully saturated rings. The van der Waals surface area contributed by atoms with E-state index in [1.165, 1.54) is 0 Å². The molecule has 0 saturated heterocycles. The van der Waals surface area contributed by atoms with Crippen molar-refractivity contribution in [2.75, 3.05) is 0 Å². The molecule has 3 rings (SSSR count). The van der Waals surface area contributed by atoms with Crippen molar-refractivity contribution in [3.8, 4) is 5.75 Å². The lowest BCUT2D eigenvalue weighted by molar-refractivity contribution is 0.0949. The lowest BCUT2D eigenvalue weighted by Gasteiger charge is -2.07. The Bertz CT molecular complexity index is 750. The summed E-state index contributed by atoms with van der Waals surface area (Å²) >= 11 is 1.59. The summed E-state index contributed by atoms with van der Waals surface area (Å²) in [5.74, 6) is -0.256. The van der Waals surface area contributed by atoms with Crippen LogP contribution in [0, 0.1) is 0 Å². The average molecular weight is 283 g/mol. The average Bonchev–Trinajstić information content (AvgIpc) is 2.97. The van der Waals surface area contributed by atoms with Crippen LogP contribution in [0.1, 0.15) is 15.2 Å². The largest absolute Gasteiger partial charge is 0.507 e. The fraction of sp³-hybridized carbons (Fsp3) is 0.0625. The van der Waals surface area contributed by atoms with E-state index >= 15 is 0 Å². The van der Waals surface area contributed by atoms with Crippen LogP contribution in [0.2, 0.25) is 0 Å². The zero-order valence-electron chi connectivity index (χ0n) is 10.7. The number of phenolic OH excluding ortho intramolecular Hbond substituents is 1. The van der Waals surface area contributed by atoms with E-state index < -0.39 is 0 Å². The van der Waals surface area contributed by atoms with Gasteiger partial charge in [-0.15, -0.1) is 11.3 Å². The molecule has 2 N–H and O–H groups in total. The van der Waals surface area contributed by atoms with Gasteiger partial charge in [-0.25, -0.2) is 0 Å². The smallest absolute Gasteiger partial charge is 0.255 e. The summed E-state index contributed by atoms with van der Waals surface area (Å²) in [6.45, 7) is 0.475. The van der Waals surface area contributed by atoms with E-state index in [0.717, 1.165) is 15.6 Å². The Morgan fingerprint density at radius 1 is 1.10 bits per heavy atom. The Morgan fingerprint density at radius 2 is 1.85 bits per heavy atom. The van der Waals surface area contributed by atoms with Gasteiger partial charge in [0.05, 0.1) is 12.1 Å². The molecule has 0 bridgehead atoms. The van der Waals surface area contributed by atoms with Crippen LogP contribution in [0.5, 0.6) is 5.75 Å². The van der Waals surface area contributed by atoms with Crippen molar-refractivity contribution in [2.24, 2.45) is 0 Å². The number of hydrogen-bond acceptors (Lipinski definition) is 3. The van der Waals surface area contributed by atoms with E-state index in [4.69, 9.17) is 0 Å². The first-order valence-electron chi connectivity index (χ1n) is 6.26. The van der Waals surface area contributed by atoms with Gasteiger partial charge in [0, 0.05) is 4.88 Å². The molecule has 0 aliphatic carbocycles. The topological polar surface area (TPSA) is 49.3 Å². The summed E-state index contributed by atoms with van der Waals surface area (Å²) in [5, 5.41) is 16.6. The van der Waals surface area contributed by atoms with Gasteiger partial charge in [-0.3, -0.25) is 4.79 Å². The number of thiophene rings is 1. The summed E-state index contributed by atoms with van der Waals surface area (Å²) in [5.41, 5.74) is 0.306. The van der Waals surface area contributed by atoms with Crippen molar-refractivity contribution in [3.05, 3.63) is 64.4 Å². The molecule has 4 heteroatoms. The quantitative estimate of drug-likeness (QED) is 0.772. The Morgan fingerprint density at radius 3 is 2.55 bits per heavy atom. The van der Waals surface area contributed by atoms with E-state index in [1.807, 2.05) is 41.8 Å². The summed E-state index contributed by atoms with van der Waals surface area (Å²) in [7, 11) is 0. The molecule has 0 unspecified atom stereocenters. The van der Waals surface area contributed by atoms with Crippen molar-refractivity contribution in [3.63, 3.8) is 0 Å². The van der Waals surface area contributed by atoms with Gasteiger partial charge in [0.25, 0.3) is 5.91 Å². The summed E-state index contributed by atoms with van der Waals surface area (Å²) in [6, 6.07) is 14.9. The molecule has 1 heterocycles. The molecular weight excluding hydrogens is 270 g/mol. The third-order valence-electron chi connectivity index (χ3n) is 3.11. The molecule has 100 valence electrons. The molecule has 2 aromatic carbocycles.